The van der Waals surface area contributed by atoms with Gasteiger partial charge in [-0.2, -0.15) is 4.98 Å². The number of rotatable bonds is 8. The van der Waals surface area contributed by atoms with Crippen molar-refractivity contribution in [2.24, 2.45) is 0 Å². The Balaban J connectivity index is 1.62. The number of pyridine rings is 2. The van der Waals surface area contributed by atoms with E-state index in [1.54, 1.807) is 44.4 Å². The molecule has 9 heteroatoms. The van der Waals surface area contributed by atoms with Crippen LogP contribution in [-0.4, -0.2) is 51.6 Å². The van der Waals surface area contributed by atoms with Crippen molar-refractivity contribution in [1.82, 2.24) is 15.3 Å². The maximum absolute atomic E-state index is 13.3. The van der Waals surface area contributed by atoms with E-state index >= 15 is 0 Å². The van der Waals surface area contributed by atoms with Gasteiger partial charge in [0.25, 0.3) is 5.91 Å². The molecule has 1 atom stereocenters. The molecule has 1 saturated carbocycles. The molecule has 180 valence electrons. The van der Waals surface area contributed by atoms with Crippen LogP contribution in [0.25, 0.3) is 5.57 Å². The zero-order chi connectivity index (χ0) is 24.5. The molecule has 34 heavy (non-hydrogen) atoms. The first-order valence-electron chi connectivity index (χ1n) is 11.4. The van der Waals surface area contributed by atoms with Crippen molar-refractivity contribution < 1.29 is 19.4 Å². The summed E-state index contributed by atoms with van der Waals surface area (Å²) in [5, 5.41) is 23.4. The smallest absolute Gasteiger partial charge is 0.262 e. The van der Waals surface area contributed by atoms with Crippen LogP contribution in [-0.2, 0) is 6.42 Å². The third-order valence-corrected chi connectivity index (χ3v) is 6.28. The number of allylic oxidation sites excluding steroid dienone is 1. The third-order valence-electron chi connectivity index (χ3n) is 6.28. The van der Waals surface area contributed by atoms with Gasteiger partial charge in [0, 0.05) is 49.9 Å². The highest BCUT2D eigenvalue weighted by Crippen LogP contribution is 2.40. The van der Waals surface area contributed by atoms with E-state index in [9.17, 15) is 9.90 Å². The molecule has 1 aliphatic carbocycles. The zero-order valence-electron chi connectivity index (χ0n) is 19.9. The normalized spacial score (nSPS) is 25.6. The van der Waals surface area contributed by atoms with Gasteiger partial charge in [-0.1, -0.05) is 13.0 Å². The van der Waals surface area contributed by atoms with Gasteiger partial charge in [0.1, 0.15) is 23.1 Å². The first-order chi connectivity index (χ1) is 16.1. The highest BCUT2D eigenvalue weighted by Gasteiger charge is 2.42. The summed E-state index contributed by atoms with van der Waals surface area (Å²) >= 11 is 0. The molecule has 0 saturated heterocycles. The van der Waals surface area contributed by atoms with Crippen molar-refractivity contribution in [2.45, 2.75) is 63.8 Å². The molecule has 0 spiro atoms. The van der Waals surface area contributed by atoms with Gasteiger partial charge in [-0.25, -0.2) is 4.98 Å². The second-order valence-corrected chi connectivity index (χ2v) is 9.43. The van der Waals surface area contributed by atoms with Gasteiger partial charge in [-0.15, -0.1) is 0 Å². The summed E-state index contributed by atoms with van der Waals surface area (Å²) in [6.45, 7) is 5.83. The first-order valence-corrected chi connectivity index (χ1v) is 11.4. The summed E-state index contributed by atoms with van der Waals surface area (Å²) in [4.78, 5) is 22.3. The number of nitrogens with zero attached hydrogens (tertiary/aromatic N) is 2. The van der Waals surface area contributed by atoms with E-state index in [0.717, 1.165) is 12.0 Å². The highest BCUT2D eigenvalue weighted by atomic mass is 16.5. The average Bonchev–Trinajstić information content (AvgIpc) is 3.11. The molecule has 1 fully saturated rings. The van der Waals surface area contributed by atoms with Crippen LogP contribution in [0.15, 0.2) is 30.5 Å². The van der Waals surface area contributed by atoms with E-state index in [2.05, 4.69) is 27.5 Å². The van der Waals surface area contributed by atoms with E-state index in [1.165, 1.54) is 6.21 Å². The Bertz CT molecular complexity index is 1140. The maximum atomic E-state index is 13.3. The Morgan fingerprint density at radius 1 is 1.35 bits per heavy atom. The monoisotopic (exact) mass is 465 g/mol. The highest BCUT2D eigenvalue weighted by molar-refractivity contribution is 6.08. The standard InChI is InChI=1S/C25H31N5O4/c1-5-25(3)10-15-9-18(23(30-22(15)34-25)33-17-11-24(2,32)12-17)21(31)29-20-8-6-7-19(28-20)16(13-26)14-27-4/h6-9,13-14,17,26-27,32H,5,10-12H2,1-4H3,(H,28,29,31)/b16-14+,26-13?. The van der Waals surface area contributed by atoms with Crippen LogP contribution in [0.5, 0.6) is 11.8 Å². The molecule has 1 amide bonds. The maximum Gasteiger partial charge on any atom is 0.262 e. The number of ether oxygens (including phenoxy) is 2. The molecule has 0 aromatic carbocycles. The van der Waals surface area contributed by atoms with E-state index < -0.39 is 11.5 Å². The number of aliphatic hydroxyl groups is 1. The Morgan fingerprint density at radius 2 is 2.12 bits per heavy atom. The summed E-state index contributed by atoms with van der Waals surface area (Å²) in [7, 11) is 1.74. The Hall–Kier alpha value is -3.46. The second kappa shape index (κ2) is 9.06. The molecule has 2 aromatic heterocycles. The number of hydrogen-bond acceptors (Lipinski definition) is 8. The molecule has 3 heterocycles. The summed E-state index contributed by atoms with van der Waals surface area (Å²) in [5.41, 5.74) is 1.13. The van der Waals surface area contributed by atoms with Gasteiger partial charge in [-0.3, -0.25) is 4.79 Å². The SMILES string of the molecule is CCC1(C)Cc2cc(C(=O)Nc3cccc(/C(C=N)=C/NC)n3)c(OC3CC(C)(O)C3)nc2O1. The van der Waals surface area contributed by atoms with Crippen molar-refractivity contribution in [3.05, 3.63) is 47.3 Å². The lowest BCUT2D eigenvalue weighted by Crippen LogP contribution is -2.47. The minimum atomic E-state index is -0.765. The largest absolute Gasteiger partial charge is 0.473 e. The molecule has 2 aliphatic rings. The van der Waals surface area contributed by atoms with Crippen LogP contribution in [0.1, 0.15) is 61.6 Å². The van der Waals surface area contributed by atoms with Gasteiger partial charge in [0.2, 0.25) is 11.8 Å². The van der Waals surface area contributed by atoms with Crippen LogP contribution in [0.4, 0.5) is 5.82 Å². The predicted octanol–water partition coefficient (Wildman–Crippen LogP) is 3.33. The fourth-order valence-electron chi connectivity index (χ4n) is 4.22. The van der Waals surface area contributed by atoms with Crippen molar-refractivity contribution in [1.29, 1.82) is 5.41 Å². The number of nitrogens with one attached hydrogen (secondary N) is 3. The van der Waals surface area contributed by atoms with Gasteiger partial charge in [0.05, 0.1) is 11.3 Å². The summed E-state index contributed by atoms with van der Waals surface area (Å²) in [5.74, 6) is 0.609. The number of fused-ring (bicyclic) bond motifs is 1. The molecule has 0 radical (unpaired) electrons. The zero-order valence-corrected chi connectivity index (χ0v) is 19.9. The predicted molar refractivity (Wildman–Crippen MR) is 130 cm³/mol. The van der Waals surface area contributed by atoms with Crippen molar-refractivity contribution in [2.75, 3.05) is 12.4 Å². The first kappa shape index (κ1) is 23.7. The Morgan fingerprint density at radius 3 is 2.76 bits per heavy atom. The summed E-state index contributed by atoms with van der Waals surface area (Å²) in [6, 6.07) is 6.99. The van der Waals surface area contributed by atoms with Gasteiger partial charge < -0.3 is 30.6 Å². The number of carbonyl (C=O) groups is 1. The molecule has 1 aliphatic heterocycles. The Kier molecular flexibility index (Phi) is 6.31. The molecule has 9 nitrogen and oxygen atoms in total. The third kappa shape index (κ3) is 4.89. The lowest BCUT2D eigenvalue weighted by atomic mass is 9.79. The van der Waals surface area contributed by atoms with E-state index in [4.69, 9.17) is 14.9 Å². The molecule has 4 rings (SSSR count). The van der Waals surface area contributed by atoms with Crippen LogP contribution < -0.4 is 20.1 Å². The van der Waals surface area contributed by atoms with Gasteiger partial charge in [-0.05, 0) is 38.5 Å². The van der Waals surface area contributed by atoms with E-state index in [1.807, 2.05) is 6.92 Å². The molecule has 0 bridgehead atoms. The van der Waals surface area contributed by atoms with Crippen LogP contribution in [0.2, 0.25) is 0 Å². The quantitative estimate of drug-likeness (QED) is 0.440. The van der Waals surface area contributed by atoms with Crippen molar-refractivity contribution in [3.63, 3.8) is 0 Å². The van der Waals surface area contributed by atoms with E-state index in [-0.39, 0.29) is 17.6 Å². The lowest BCUT2D eigenvalue weighted by Gasteiger charge is -2.40. The lowest BCUT2D eigenvalue weighted by molar-refractivity contribution is -0.0904. The minimum absolute atomic E-state index is 0.184. The fourth-order valence-corrected chi connectivity index (χ4v) is 4.22. The van der Waals surface area contributed by atoms with Crippen LogP contribution in [0, 0.1) is 5.41 Å². The van der Waals surface area contributed by atoms with Crippen LogP contribution >= 0.6 is 0 Å². The number of amides is 1. The van der Waals surface area contributed by atoms with E-state index in [0.29, 0.717) is 47.8 Å². The molecular weight excluding hydrogens is 434 g/mol. The molecule has 2 aromatic rings. The molecule has 1 unspecified atom stereocenters. The second-order valence-electron chi connectivity index (χ2n) is 9.43. The summed E-state index contributed by atoms with van der Waals surface area (Å²) < 4.78 is 12.1. The fraction of sp³-hybridized carbons (Fsp3) is 0.440. The number of hydrogen-bond donors (Lipinski definition) is 4. The number of carbonyl (C=O) groups excluding carboxylic acids is 1. The number of aromatic nitrogens is 2. The average molecular weight is 466 g/mol. The topological polar surface area (TPSA) is 129 Å². The number of anilines is 1. The molecular formula is C25H31N5O4. The minimum Gasteiger partial charge on any atom is -0.473 e. The van der Waals surface area contributed by atoms with Crippen molar-refractivity contribution >= 4 is 23.5 Å². The van der Waals surface area contributed by atoms with Crippen LogP contribution in [0.3, 0.4) is 0 Å². The van der Waals surface area contributed by atoms with Gasteiger partial charge in [0.15, 0.2) is 0 Å². The van der Waals surface area contributed by atoms with Gasteiger partial charge >= 0.3 is 0 Å². The Labute approximate surface area is 199 Å². The molecule has 4 N–H and O–H groups in total. The summed E-state index contributed by atoms with van der Waals surface area (Å²) in [6.07, 6.45) is 5.01. The van der Waals surface area contributed by atoms with Crippen molar-refractivity contribution in [3.8, 4) is 11.8 Å².